The van der Waals surface area contributed by atoms with Gasteiger partial charge in [0.1, 0.15) is 23.0 Å². The molecule has 0 N–H and O–H groups in total. The van der Waals surface area contributed by atoms with Crippen LogP contribution in [0.2, 0.25) is 0 Å². The molecule has 0 aliphatic heterocycles. The summed E-state index contributed by atoms with van der Waals surface area (Å²) < 4.78 is 27.0. The minimum atomic E-state index is 0.653. The maximum atomic E-state index is 6.74. The molecule has 7 rings (SSSR count). The first-order chi connectivity index (χ1) is 34.6. The average molecular weight is 935 g/mol. The Morgan fingerprint density at radius 2 is 0.443 bits per heavy atom. The van der Waals surface area contributed by atoms with Crippen LogP contribution >= 0.6 is 0 Å². The van der Waals surface area contributed by atoms with Crippen molar-refractivity contribution in [1.82, 2.24) is 0 Å². The molecule has 0 fully saturated rings. The molecule has 0 heterocycles. The molecule has 0 bridgehead atoms. The Labute approximate surface area is 421 Å². The van der Waals surface area contributed by atoms with Crippen LogP contribution in [0, 0.1) is 0 Å². The second-order valence-corrected chi connectivity index (χ2v) is 18.7. The van der Waals surface area contributed by atoms with E-state index in [0.717, 1.165) is 141 Å². The molecule has 0 radical (unpaired) electrons. The van der Waals surface area contributed by atoms with Crippen LogP contribution < -0.4 is 18.9 Å². The molecular weight excluding hydrogens is 857 g/mol. The quantitative estimate of drug-likeness (QED) is 0.0421. The monoisotopic (exact) mass is 935 g/mol. The summed E-state index contributed by atoms with van der Waals surface area (Å²) in [5.41, 5.74) is 13.4. The van der Waals surface area contributed by atoms with Crippen molar-refractivity contribution < 1.29 is 18.9 Å². The lowest BCUT2D eigenvalue weighted by Crippen LogP contribution is -2.05. The SMILES string of the molecule is CCCCCCOc1cc(OCCCCCC)cc(-c2c(-c3ccccc3)c(-c3ccccc3)c(-c3cc(OCCCCCC)cc(OCCCCCC)c3)c(-c3ccccc3)c2-c2ccccc2)c1. The Morgan fingerprint density at radius 3 is 0.657 bits per heavy atom. The molecule has 7 aromatic rings. The largest absolute Gasteiger partial charge is 0.493 e. The van der Waals surface area contributed by atoms with Crippen molar-refractivity contribution in [3.63, 3.8) is 0 Å². The summed E-state index contributed by atoms with van der Waals surface area (Å²) in [7, 11) is 0. The maximum Gasteiger partial charge on any atom is 0.123 e. The van der Waals surface area contributed by atoms with Gasteiger partial charge in [-0.25, -0.2) is 0 Å². The van der Waals surface area contributed by atoms with Gasteiger partial charge in [-0.05, 0) is 117 Å². The van der Waals surface area contributed by atoms with E-state index in [1.165, 1.54) is 51.4 Å². The standard InChI is InChI=1S/C66H78O4/c1-5-9-13-29-41-67-57-45-55(46-58(49-57)68-42-30-14-10-6-2)65-61(51-33-21-17-22-34-51)63(53-37-25-19-26-38-53)66(64(54-39-27-20-28-40-54)62(65)52-35-23-18-24-36-52)56-47-59(69-43-31-15-11-7-3)50-60(48-56)70-44-32-16-12-8-4/h17-28,33-40,45-50H,5-16,29-32,41-44H2,1-4H3. The predicted molar refractivity (Wildman–Crippen MR) is 298 cm³/mol. The first-order valence-electron chi connectivity index (χ1n) is 26.9. The minimum Gasteiger partial charge on any atom is -0.493 e. The van der Waals surface area contributed by atoms with Crippen LogP contribution in [0.1, 0.15) is 130 Å². The van der Waals surface area contributed by atoms with Gasteiger partial charge in [0.15, 0.2) is 0 Å². The Morgan fingerprint density at radius 1 is 0.229 bits per heavy atom. The van der Waals surface area contributed by atoms with Gasteiger partial charge in [0, 0.05) is 12.1 Å². The van der Waals surface area contributed by atoms with Gasteiger partial charge in [-0.15, -0.1) is 0 Å². The average Bonchev–Trinajstić information content (AvgIpc) is 3.40. The maximum absolute atomic E-state index is 6.74. The predicted octanol–water partition coefficient (Wildman–Crippen LogP) is 19.5. The highest BCUT2D eigenvalue weighted by molar-refractivity contribution is 6.15. The van der Waals surface area contributed by atoms with E-state index in [1.54, 1.807) is 0 Å². The summed E-state index contributed by atoms with van der Waals surface area (Å²) >= 11 is 0. The van der Waals surface area contributed by atoms with Gasteiger partial charge in [-0.1, -0.05) is 226 Å². The molecule has 0 unspecified atom stereocenters. The molecule has 0 aliphatic carbocycles. The highest BCUT2D eigenvalue weighted by Gasteiger charge is 2.30. The first kappa shape index (κ1) is 51.6. The van der Waals surface area contributed by atoms with E-state index < -0.39 is 0 Å². The van der Waals surface area contributed by atoms with Crippen molar-refractivity contribution in [2.45, 2.75) is 130 Å². The molecule has 0 atom stereocenters. The molecule has 0 amide bonds. The molecule has 0 aromatic heterocycles. The summed E-state index contributed by atoms with van der Waals surface area (Å²) in [4.78, 5) is 0. The third-order valence-electron chi connectivity index (χ3n) is 13.2. The molecule has 0 saturated carbocycles. The van der Waals surface area contributed by atoms with E-state index in [-0.39, 0.29) is 0 Å². The van der Waals surface area contributed by atoms with Crippen LogP contribution in [0.4, 0.5) is 0 Å². The molecule has 4 nitrogen and oxygen atoms in total. The Hall–Kier alpha value is -6.26. The number of benzene rings is 7. The molecule has 0 aliphatic rings. The van der Waals surface area contributed by atoms with Crippen LogP contribution in [-0.2, 0) is 0 Å². The van der Waals surface area contributed by atoms with Gasteiger partial charge in [0.05, 0.1) is 26.4 Å². The zero-order valence-electron chi connectivity index (χ0n) is 42.8. The molecular formula is C66H78O4. The number of hydrogen-bond donors (Lipinski definition) is 0. The summed E-state index contributed by atoms with van der Waals surface area (Å²) in [5, 5.41) is 0. The first-order valence-corrected chi connectivity index (χ1v) is 26.9. The van der Waals surface area contributed by atoms with Crippen molar-refractivity contribution in [3.8, 4) is 89.8 Å². The van der Waals surface area contributed by atoms with Crippen molar-refractivity contribution >= 4 is 0 Å². The fourth-order valence-electron chi connectivity index (χ4n) is 9.54. The summed E-state index contributed by atoms with van der Waals surface area (Å²) in [6.45, 7) is 11.6. The highest BCUT2D eigenvalue weighted by atomic mass is 16.5. The van der Waals surface area contributed by atoms with Gasteiger partial charge >= 0.3 is 0 Å². The minimum absolute atomic E-state index is 0.653. The van der Waals surface area contributed by atoms with Crippen LogP contribution in [0.15, 0.2) is 158 Å². The number of hydrogen-bond acceptors (Lipinski definition) is 4. The zero-order chi connectivity index (χ0) is 48.6. The summed E-state index contributed by atoms with van der Waals surface area (Å²) in [6.07, 6.45) is 18.2. The number of rotatable bonds is 30. The van der Waals surface area contributed by atoms with Crippen LogP contribution in [0.3, 0.4) is 0 Å². The lowest BCUT2D eigenvalue weighted by atomic mass is 9.74. The molecule has 70 heavy (non-hydrogen) atoms. The van der Waals surface area contributed by atoms with Gasteiger partial charge in [-0.2, -0.15) is 0 Å². The van der Waals surface area contributed by atoms with E-state index in [0.29, 0.717) is 26.4 Å². The van der Waals surface area contributed by atoms with E-state index in [2.05, 4.69) is 185 Å². The Bertz CT molecular complexity index is 2240. The zero-order valence-corrected chi connectivity index (χ0v) is 42.8. The summed E-state index contributed by atoms with van der Waals surface area (Å²) in [5.74, 6) is 3.30. The second-order valence-electron chi connectivity index (χ2n) is 18.7. The van der Waals surface area contributed by atoms with Crippen LogP contribution in [0.5, 0.6) is 23.0 Å². The third kappa shape index (κ3) is 14.4. The Balaban J connectivity index is 1.61. The molecule has 366 valence electrons. The third-order valence-corrected chi connectivity index (χ3v) is 13.2. The van der Waals surface area contributed by atoms with Gasteiger partial charge in [-0.3, -0.25) is 0 Å². The fraction of sp³-hybridized carbons (Fsp3) is 0.364. The lowest BCUT2D eigenvalue weighted by Gasteiger charge is -2.29. The van der Waals surface area contributed by atoms with Crippen LogP contribution in [0.25, 0.3) is 66.8 Å². The fourth-order valence-corrected chi connectivity index (χ4v) is 9.54. The van der Waals surface area contributed by atoms with Crippen molar-refractivity contribution in [2.24, 2.45) is 0 Å². The topological polar surface area (TPSA) is 36.9 Å². The number of unbranched alkanes of at least 4 members (excludes halogenated alkanes) is 12. The van der Waals surface area contributed by atoms with Crippen molar-refractivity contribution in [3.05, 3.63) is 158 Å². The summed E-state index contributed by atoms with van der Waals surface area (Å²) in [6, 6.07) is 57.2. The lowest BCUT2D eigenvalue weighted by molar-refractivity contribution is 0.290. The van der Waals surface area contributed by atoms with E-state index in [9.17, 15) is 0 Å². The smallest absolute Gasteiger partial charge is 0.123 e. The Kier molecular flexibility index (Phi) is 20.9. The normalized spacial score (nSPS) is 11.1. The van der Waals surface area contributed by atoms with Crippen molar-refractivity contribution in [1.29, 1.82) is 0 Å². The number of ether oxygens (including phenoxy) is 4. The van der Waals surface area contributed by atoms with Gasteiger partial charge in [0.25, 0.3) is 0 Å². The van der Waals surface area contributed by atoms with E-state index >= 15 is 0 Å². The van der Waals surface area contributed by atoms with Gasteiger partial charge < -0.3 is 18.9 Å². The van der Waals surface area contributed by atoms with E-state index in [4.69, 9.17) is 18.9 Å². The highest BCUT2D eigenvalue weighted by Crippen LogP contribution is 2.57. The molecule has 0 saturated heterocycles. The van der Waals surface area contributed by atoms with Crippen molar-refractivity contribution in [2.75, 3.05) is 26.4 Å². The van der Waals surface area contributed by atoms with E-state index in [1.807, 2.05) is 0 Å². The molecule has 7 aromatic carbocycles. The molecule has 0 spiro atoms. The van der Waals surface area contributed by atoms with Crippen LogP contribution in [-0.4, -0.2) is 26.4 Å². The van der Waals surface area contributed by atoms with Gasteiger partial charge in [0.2, 0.25) is 0 Å². The molecule has 4 heteroatoms. The second kappa shape index (κ2) is 28.4.